The largest absolute Gasteiger partial charge is 0.420 e. The van der Waals surface area contributed by atoms with E-state index in [1.165, 1.54) is 4.57 Å². The second-order valence-electron chi connectivity index (χ2n) is 7.51. The van der Waals surface area contributed by atoms with Crippen molar-refractivity contribution in [1.29, 1.82) is 0 Å². The molecule has 0 saturated carbocycles. The fourth-order valence-corrected chi connectivity index (χ4v) is 3.85. The van der Waals surface area contributed by atoms with Gasteiger partial charge in [0.15, 0.2) is 5.58 Å². The Kier molecular flexibility index (Phi) is 4.50. The number of hydrogen-bond donors (Lipinski definition) is 1. The number of aryl methyl sites for hydroxylation is 1. The Morgan fingerprint density at radius 2 is 2.00 bits per heavy atom. The summed E-state index contributed by atoms with van der Waals surface area (Å²) in [5.41, 5.74) is 3.60. The number of carbonyl (C=O) groups is 2. The van der Waals surface area contributed by atoms with E-state index in [0.29, 0.717) is 29.2 Å². The Labute approximate surface area is 175 Å². The number of nitrogens with one attached hydrogen (secondary N) is 1. The first-order chi connectivity index (χ1) is 15.0. The van der Waals surface area contributed by atoms with E-state index < -0.39 is 17.7 Å². The Morgan fingerprint density at radius 1 is 1.16 bits per heavy atom. The normalized spacial score (nSPS) is 16.6. The number of amides is 2. The number of benzene rings is 2. The SMILES string of the molecule is Cc1ccccc1-c1noc(Cc2ccc3oc(=O)n(C4CCC(=O)NC4=O)c3c2)n1. The summed E-state index contributed by atoms with van der Waals surface area (Å²) in [6.45, 7) is 1.98. The van der Waals surface area contributed by atoms with Crippen molar-refractivity contribution in [2.24, 2.45) is 0 Å². The first-order valence-electron chi connectivity index (χ1n) is 9.86. The molecule has 0 aliphatic carbocycles. The van der Waals surface area contributed by atoms with Crippen LogP contribution in [0.1, 0.15) is 35.9 Å². The third-order valence-electron chi connectivity index (χ3n) is 5.41. The zero-order valence-electron chi connectivity index (χ0n) is 16.6. The van der Waals surface area contributed by atoms with Gasteiger partial charge in [-0.15, -0.1) is 0 Å². The van der Waals surface area contributed by atoms with Crippen LogP contribution < -0.4 is 11.1 Å². The number of piperidine rings is 1. The summed E-state index contributed by atoms with van der Waals surface area (Å²) in [6, 6.07) is 12.2. The molecule has 31 heavy (non-hydrogen) atoms. The highest BCUT2D eigenvalue weighted by Crippen LogP contribution is 2.25. The Bertz CT molecular complexity index is 1380. The first kappa shape index (κ1) is 19.0. The highest BCUT2D eigenvalue weighted by Gasteiger charge is 2.31. The van der Waals surface area contributed by atoms with Crippen molar-refractivity contribution < 1.29 is 18.5 Å². The molecule has 1 unspecified atom stereocenters. The predicted octanol–water partition coefficient (Wildman–Crippen LogP) is 2.52. The number of fused-ring (bicyclic) bond motifs is 1. The number of rotatable bonds is 4. The maximum atomic E-state index is 12.4. The molecule has 0 spiro atoms. The minimum Gasteiger partial charge on any atom is -0.408 e. The van der Waals surface area contributed by atoms with E-state index in [1.54, 1.807) is 18.2 Å². The highest BCUT2D eigenvalue weighted by atomic mass is 16.5. The van der Waals surface area contributed by atoms with E-state index in [0.717, 1.165) is 16.7 Å². The van der Waals surface area contributed by atoms with Gasteiger partial charge in [0.05, 0.1) is 11.9 Å². The molecule has 9 heteroatoms. The summed E-state index contributed by atoms with van der Waals surface area (Å²) in [7, 11) is 0. The van der Waals surface area contributed by atoms with Crippen molar-refractivity contribution in [1.82, 2.24) is 20.0 Å². The summed E-state index contributed by atoms with van der Waals surface area (Å²) < 4.78 is 12.0. The van der Waals surface area contributed by atoms with Crippen LogP contribution in [-0.4, -0.2) is 26.5 Å². The molecule has 9 nitrogen and oxygen atoms in total. The summed E-state index contributed by atoms with van der Waals surface area (Å²) in [4.78, 5) is 40.6. The summed E-state index contributed by atoms with van der Waals surface area (Å²) in [5.74, 6) is -0.551. The van der Waals surface area contributed by atoms with Crippen LogP contribution in [0.5, 0.6) is 0 Å². The van der Waals surface area contributed by atoms with Crippen molar-refractivity contribution in [3.8, 4) is 11.4 Å². The number of hydrogen-bond acceptors (Lipinski definition) is 7. The highest BCUT2D eigenvalue weighted by molar-refractivity contribution is 6.00. The van der Waals surface area contributed by atoms with Gasteiger partial charge in [-0.1, -0.05) is 35.5 Å². The lowest BCUT2D eigenvalue weighted by Crippen LogP contribution is -2.43. The van der Waals surface area contributed by atoms with Gasteiger partial charge in [0.1, 0.15) is 6.04 Å². The van der Waals surface area contributed by atoms with E-state index >= 15 is 0 Å². The van der Waals surface area contributed by atoms with E-state index in [1.807, 2.05) is 31.2 Å². The Balaban J connectivity index is 1.47. The number of aromatic nitrogens is 3. The molecule has 1 aliphatic rings. The molecule has 4 aromatic rings. The predicted molar refractivity (Wildman–Crippen MR) is 109 cm³/mol. The van der Waals surface area contributed by atoms with E-state index in [4.69, 9.17) is 8.94 Å². The molecule has 1 fully saturated rings. The maximum absolute atomic E-state index is 12.4. The van der Waals surface area contributed by atoms with Gasteiger partial charge < -0.3 is 8.94 Å². The van der Waals surface area contributed by atoms with Gasteiger partial charge in [-0.2, -0.15) is 4.98 Å². The third kappa shape index (κ3) is 3.43. The molecule has 2 aromatic carbocycles. The summed E-state index contributed by atoms with van der Waals surface area (Å²) >= 11 is 0. The van der Waals surface area contributed by atoms with E-state index in [-0.39, 0.29) is 18.7 Å². The van der Waals surface area contributed by atoms with Crippen molar-refractivity contribution >= 4 is 22.9 Å². The minimum atomic E-state index is -0.794. The zero-order valence-corrected chi connectivity index (χ0v) is 16.6. The van der Waals surface area contributed by atoms with Crippen LogP contribution in [0.3, 0.4) is 0 Å². The van der Waals surface area contributed by atoms with Crippen LogP contribution in [-0.2, 0) is 16.0 Å². The van der Waals surface area contributed by atoms with Crippen LogP contribution in [0.2, 0.25) is 0 Å². The van der Waals surface area contributed by atoms with Crippen LogP contribution >= 0.6 is 0 Å². The molecule has 1 aliphatic heterocycles. The molecule has 2 amide bonds. The molecule has 3 heterocycles. The van der Waals surface area contributed by atoms with Gasteiger partial charge in [-0.3, -0.25) is 19.5 Å². The Morgan fingerprint density at radius 3 is 2.81 bits per heavy atom. The molecule has 1 saturated heterocycles. The quantitative estimate of drug-likeness (QED) is 0.506. The second-order valence-corrected chi connectivity index (χ2v) is 7.51. The van der Waals surface area contributed by atoms with Crippen LogP contribution in [0.25, 0.3) is 22.5 Å². The molecule has 0 radical (unpaired) electrons. The molecule has 0 bridgehead atoms. The lowest BCUT2D eigenvalue weighted by Gasteiger charge is -2.21. The van der Waals surface area contributed by atoms with Crippen molar-refractivity contribution in [3.63, 3.8) is 0 Å². The van der Waals surface area contributed by atoms with Crippen LogP contribution in [0.15, 0.2) is 56.2 Å². The smallest absolute Gasteiger partial charge is 0.408 e. The lowest BCUT2D eigenvalue weighted by atomic mass is 10.1. The molecular formula is C22H18N4O5. The van der Waals surface area contributed by atoms with Crippen LogP contribution in [0, 0.1) is 6.92 Å². The van der Waals surface area contributed by atoms with Gasteiger partial charge in [-0.05, 0) is 36.6 Å². The standard InChI is InChI=1S/C22H18N4O5/c1-12-4-2-3-5-14(12)20-24-19(31-25-20)11-13-6-8-17-16(10-13)26(22(29)30-17)15-7-9-18(27)23-21(15)28/h2-6,8,10,15H,7,9,11H2,1H3,(H,23,27,28). The van der Waals surface area contributed by atoms with E-state index in [9.17, 15) is 14.4 Å². The topological polar surface area (TPSA) is 120 Å². The van der Waals surface area contributed by atoms with Crippen molar-refractivity contribution in [2.45, 2.75) is 32.2 Å². The first-order valence-corrected chi connectivity index (χ1v) is 9.86. The molecular weight excluding hydrogens is 400 g/mol. The minimum absolute atomic E-state index is 0.166. The number of nitrogens with zero attached hydrogens (tertiary/aromatic N) is 3. The molecule has 5 rings (SSSR count). The van der Waals surface area contributed by atoms with Crippen molar-refractivity contribution in [2.75, 3.05) is 0 Å². The van der Waals surface area contributed by atoms with Crippen molar-refractivity contribution in [3.05, 3.63) is 70.0 Å². The second kappa shape index (κ2) is 7.35. The number of oxazole rings is 1. The molecule has 156 valence electrons. The average molecular weight is 418 g/mol. The fourth-order valence-electron chi connectivity index (χ4n) is 3.85. The van der Waals surface area contributed by atoms with Gasteiger partial charge in [0.25, 0.3) is 0 Å². The average Bonchev–Trinajstić information content (AvgIpc) is 3.32. The van der Waals surface area contributed by atoms with Gasteiger partial charge in [0, 0.05) is 12.0 Å². The summed E-state index contributed by atoms with van der Waals surface area (Å²) in [6.07, 6.45) is 0.759. The van der Waals surface area contributed by atoms with Gasteiger partial charge in [0.2, 0.25) is 23.5 Å². The lowest BCUT2D eigenvalue weighted by molar-refractivity contribution is -0.135. The third-order valence-corrected chi connectivity index (χ3v) is 5.41. The van der Waals surface area contributed by atoms with Gasteiger partial charge >= 0.3 is 5.76 Å². The monoisotopic (exact) mass is 418 g/mol. The van der Waals surface area contributed by atoms with Gasteiger partial charge in [-0.25, -0.2) is 4.79 Å². The number of carbonyl (C=O) groups excluding carboxylic acids is 2. The summed E-state index contributed by atoms with van der Waals surface area (Å²) in [5, 5.41) is 6.35. The fraction of sp³-hybridized carbons (Fsp3) is 0.227. The Hall–Kier alpha value is -4.01. The molecule has 1 N–H and O–H groups in total. The number of imide groups is 1. The van der Waals surface area contributed by atoms with E-state index in [2.05, 4.69) is 15.5 Å². The van der Waals surface area contributed by atoms with Crippen LogP contribution in [0.4, 0.5) is 0 Å². The molecule has 2 aromatic heterocycles. The molecule has 1 atom stereocenters. The zero-order chi connectivity index (χ0) is 21.5. The maximum Gasteiger partial charge on any atom is 0.420 e.